The van der Waals surface area contributed by atoms with Gasteiger partial charge in [0.15, 0.2) is 0 Å². The molecule has 3 aromatic rings. The van der Waals surface area contributed by atoms with Crippen LogP contribution in [0.2, 0.25) is 0 Å². The summed E-state index contributed by atoms with van der Waals surface area (Å²) in [5.41, 5.74) is 2.82. The van der Waals surface area contributed by atoms with Crippen LogP contribution in [0, 0.1) is 0 Å². The number of piperazine rings is 1. The van der Waals surface area contributed by atoms with Crippen molar-refractivity contribution < 1.29 is 9.59 Å². The molecule has 0 radical (unpaired) electrons. The van der Waals surface area contributed by atoms with Crippen molar-refractivity contribution in [1.82, 2.24) is 14.8 Å². The van der Waals surface area contributed by atoms with Gasteiger partial charge >= 0.3 is 0 Å². The zero-order valence-electron chi connectivity index (χ0n) is 16.4. The molecular formula is C24H22IN3O2. The first-order valence-corrected chi connectivity index (χ1v) is 11.0. The Bertz CT molecular complexity index is 959. The van der Waals surface area contributed by atoms with Gasteiger partial charge in [-0.2, -0.15) is 0 Å². The second kappa shape index (κ2) is 9.49. The third kappa shape index (κ3) is 4.44. The van der Waals surface area contributed by atoms with Gasteiger partial charge in [-0.1, -0.05) is 60.7 Å². The first kappa shape index (κ1) is 20.7. The quantitative estimate of drug-likeness (QED) is 0.385. The van der Waals surface area contributed by atoms with E-state index in [9.17, 15) is 9.59 Å². The molecule has 1 aliphatic heterocycles. The maximum atomic E-state index is 12.9. The number of hydrogen-bond acceptors (Lipinski definition) is 4. The molecule has 1 aromatic heterocycles. The highest BCUT2D eigenvalue weighted by Crippen LogP contribution is 2.33. The van der Waals surface area contributed by atoms with Crippen molar-refractivity contribution in [3.8, 4) is 0 Å². The predicted octanol–water partition coefficient (Wildman–Crippen LogP) is 3.96. The molecule has 5 nitrogen and oxygen atoms in total. The van der Waals surface area contributed by atoms with Gasteiger partial charge in [0.1, 0.15) is 0 Å². The highest BCUT2D eigenvalue weighted by Gasteiger charge is 2.38. The number of benzene rings is 2. The number of nitrogens with zero attached hydrogens (tertiary/aromatic N) is 3. The Morgan fingerprint density at radius 3 is 2.07 bits per heavy atom. The summed E-state index contributed by atoms with van der Waals surface area (Å²) < 4.78 is 0.0353. The second-order valence-corrected chi connectivity index (χ2v) is 8.34. The highest BCUT2D eigenvalue weighted by molar-refractivity contribution is 14.1. The summed E-state index contributed by atoms with van der Waals surface area (Å²) in [5, 5.41) is 0. The standard InChI is InChI=1S/C24H22IN3O2/c25-23(29)21-17-27(24(30)20-12-7-13-26-16-20)14-15-28(21)22(18-8-3-1-4-9-18)19-10-5-2-6-11-19/h1-13,16,21-22H,14-15,17H2. The number of hydrogen-bond donors (Lipinski definition) is 0. The van der Waals surface area contributed by atoms with E-state index in [2.05, 4.69) is 34.1 Å². The number of carbonyl (C=O) groups is 2. The van der Waals surface area contributed by atoms with Gasteiger partial charge in [0.05, 0.1) is 17.6 Å². The fraction of sp³-hybridized carbons (Fsp3) is 0.208. The van der Waals surface area contributed by atoms with Crippen molar-refractivity contribution in [2.24, 2.45) is 0 Å². The zero-order valence-corrected chi connectivity index (χ0v) is 18.6. The van der Waals surface area contributed by atoms with Crippen molar-refractivity contribution in [2.75, 3.05) is 19.6 Å². The number of pyridine rings is 1. The van der Waals surface area contributed by atoms with Crippen molar-refractivity contribution in [3.05, 3.63) is 102 Å². The van der Waals surface area contributed by atoms with Crippen LogP contribution in [0.1, 0.15) is 27.5 Å². The molecule has 1 amide bonds. The topological polar surface area (TPSA) is 53.5 Å². The summed E-state index contributed by atoms with van der Waals surface area (Å²) in [6.45, 7) is 1.54. The summed E-state index contributed by atoms with van der Waals surface area (Å²) in [5.74, 6) is -0.0821. The molecule has 2 heterocycles. The highest BCUT2D eigenvalue weighted by atomic mass is 127. The van der Waals surface area contributed by atoms with Gasteiger partial charge in [0, 0.05) is 54.6 Å². The van der Waals surface area contributed by atoms with E-state index < -0.39 is 0 Å². The van der Waals surface area contributed by atoms with E-state index in [0.29, 0.717) is 25.2 Å². The van der Waals surface area contributed by atoms with Crippen molar-refractivity contribution in [2.45, 2.75) is 12.1 Å². The summed E-state index contributed by atoms with van der Waals surface area (Å²) in [6, 6.07) is 23.6. The van der Waals surface area contributed by atoms with E-state index in [1.807, 2.05) is 59.0 Å². The number of halogens is 1. The Morgan fingerprint density at radius 2 is 1.53 bits per heavy atom. The maximum Gasteiger partial charge on any atom is 0.255 e. The van der Waals surface area contributed by atoms with Crippen LogP contribution in [-0.4, -0.2) is 50.2 Å². The lowest BCUT2D eigenvalue weighted by atomic mass is 9.94. The van der Waals surface area contributed by atoms with Crippen LogP contribution in [-0.2, 0) is 4.79 Å². The van der Waals surface area contributed by atoms with Crippen LogP contribution >= 0.6 is 22.6 Å². The lowest BCUT2D eigenvalue weighted by Gasteiger charge is -2.44. The minimum atomic E-state index is -0.384. The molecule has 4 rings (SSSR count). The summed E-state index contributed by atoms with van der Waals surface area (Å²) >= 11 is 1.87. The van der Waals surface area contributed by atoms with Crippen LogP contribution in [0.15, 0.2) is 85.2 Å². The zero-order chi connectivity index (χ0) is 20.9. The van der Waals surface area contributed by atoms with E-state index in [-0.39, 0.29) is 21.8 Å². The van der Waals surface area contributed by atoms with Gasteiger partial charge in [-0.15, -0.1) is 0 Å². The van der Waals surface area contributed by atoms with Crippen LogP contribution in [0.5, 0.6) is 0 Å². The third-order valence-electron chi connectivity index (χ3n) is 5.44. The number of aromatic nitrogens is 1. The fourth-order valence-electron chi connectivity index (χ4n) is 4.01. The van der Waals surface area contributed by atoms with Gasteiger partial charge in [-0.3, -0.25) is 19.5 Å². The normalized spacial score (nSPS) is 17.1. The van der Waals surface area contributed by atoms with Crippen molar-refractivity contribution >= 4 is 32.3 Å². The molecule has 0 bridgehead atoms. The molecular weight excluding hydrogens is 489 g/mol. The van der Waals surface area contributed by atoms with E-state index >= 15 is 0 Å². The van der Waals surface area contributed by atoms with Crippen molar-refractivity contribution in [3.63, 3.8) is 0 Å². The summed E-state index contributed by atoms with van der Waals surface area (Å²) in [7, 11) is 0. The van der Waals surface area contributed by atoms with Gasteiger partial charge in [-0.25, -0.2) is 0 Å². The molecule has 0 spiro atoms. The molecule has 0 aliphatic carbocycles. The smallest absolute Gasteiger partial charge is 0.255 e. The van der Waals surface area contributed by atoms with Crippen LogP contribution < -0.4 is 0 Å². The molecule has 1 atom stereocenters. The van der Waals surface area contributed by atoms with E-state index in [1.165, 1.54) is 0 Å². The molecule has 0 N–H and O–H groups in total. The summed E-state index contributed by atoms with van der Waals surface area (Å²) in [4.78, 5) is 33.7. The molecule has 30 heavy (non-hydrogen) atoms. The maximum absolute atomic E-state index is 12.9. The largest absolute Gasteiger partial charge is 0.335 e. The molecule has 152 valence electrons. The number of rotatable bonds is 5. The van der Waals surface area contributed by atoms with Gasteiger partial charge < -0.3 is 4.90 Å². The lowest BCUT2D eigenvalue weighted by Crippen LogP contribution is -2.57. The molecule has 2 aromatic carbocycles. The average Bonchev–Trinajstić information content (AvgIpc) is 2.81. The second-order valence-electron chi connectivity index (χ2n) is 7.27. The minimum absolute atomic E-state index is 0.0353. The lowest BCUT2D eigenvalue weighted by molar-refractivity contribution is -0.116. The van der Waals surface area contributed by atoms with Gasteiger partial charge in [0.25, 0.3) is 5.91 Å². The first-order chi connectivity index (χ1) is 14.6. The number of carbonyl (C=O) groups excluding carboxylic acids is 2. The van der Waals surface area contributed by atoms with Gasteiger partial charge in [-0.05, 0) is 23.3 Å². The van der Waals surface area contributed by atoms with Crippen molar-refractivity contribution in [1.29, 1.82) is 0 Å². The fourth-order valence-corrected chi connectivity index (χ4v) is 4.57. The number of amides is 1. The Balaban J connectivity index is 1.65. The van der Waals surface area contributed by atoms with E-state index in [0.717, 1.165) is 11.1 Å². The average molecular weight is 511 g/mol. The van der Waals surface area contributed by atoms with Gasteiger partial charge in [0.2, 0.25) is 3.79 Å². The SMILES string of the molecule is O=C(I)C1CN(C(=O)c2cccnc2)CCN1C(c1ccccc1)c1ccccc1. The molecule has 1 fully saturated rings. The molecule has 1 unspecified atom stereocenters. The van der Waals surface area contributed by atoms with Crippen LogP contribution in [0.4, 0.5) is 0 Å². The Morgan fingerprint density at radius 1 is 0.900 bits per heavy atom. The van der Waals surface area contributed by atoms with Crippen LogP contribution in [0.25, 0.3) is 0 Å². The molecule has 1 aliphatic rings. The van der Waals surface area contributed by atoms with E-state index in [4.69, 9.17) is 0 Å². The van der Waals surface area contributed by atoms with Crippen LogP contribution in [0.3, 0.4) is 0 Å². The minimum Gasteiger partial charge on any atom is -0.335 e. The van der Waals surface area contributed by atoms with E-state index in [1.54, 1.807) is 29.4 Å². The summed E-state index contributed by atoms with van der Waals surface area (Å²) in [6.07, 6.45) is 3.22. The molecule has 0 saturated carbocycles. The monoisotopic (exact) mass is 511 g/mol. The predicted molar refractivity (Wildman–Crippen MR) is 124 cm³/mol. The molecule has 6 heteroatoms. The molecule has 1 saturated heterocycles. The first-order valence-electron chi connectivity index (χ1n) is 9.89. The Hall–Kier alpha value is -2.58. The third-order valence-corrected chi connectivity index (χ3v) is 6.16. The Kier molecular flexibility index (Phi) is 6.54. The Labute approximate surface area is 189 Å².